The van der Waals surface area contributed by atoms with Crippen molar-refractivity contribution in [2.75, 3.05) is 44.9 Å². The minimum absolute atomic E-state index is 0.00653. The van der Waals surface area contributed by atoms with Gasteiger partial charge in [-0.25, -0.2) is 16.8 Å². The SMILES string of the molecule is CN(C(=O)C1CCN(S(=O)(=O)c2ccc3c(c2)OCCCO3)CC1)[C@H]1CCS(=O)(=O)C1. The molecule has 3 aliphatic heterocycles. The Bertz CT molecular complexity index is 1050. The van der Waals surface area contributed by atoms with Crippen LogP contribution in [-0.4, -0.2) is 82.8 Å². The molecule has 2 fully saturated rings. The second-order valence-corrected chi connectivity index (χ2v) is 12.5. The van der Waals surface area contributed by atoms with Crippen molar-refractivity contribution < 1.29 is 31.1 Å². The Morgan fingerprint density at radius 3 is 2.42 bits per heavy atom. The molecule has 1 amide bonds. The quantitative estimate of drug-likeness (QED) is 0.640. The Balaban J connectivity index is 1.40. The van der Waals surface area contributed by atoms with Crippen molar-refractivity contribution in [1.82, 2.24) is 9.21 Å². The fourth-order valence-electron chi connectivity index (χ4n) is 4.35. The molecule has 1 atom stereocenters. The van der Waals surface area contributed by atoms with Crippen LogP contribution in [0.4, 0.5) is 0 Å². The summed E-state index contributed by atoms with van der Waals surface area (Å²) in [5.74, 6) is 0.682. The summed E-state index contributed by atoms with van der Waals surface area (Å²) in [5.41, 5.74) is 0. The van der Waals surface area contributed by atoms with E-state index in [0.29, 0.717) is 44.0 Å². The van der Waals surface area contributed by atoms with Gasteiger partial charge in [-0.05, 0) is 31.4 Å². The van der Waals surface area contributed by atoms with Gasteiger partial charge >= 0.3 is 0 Å². The monoisotopic (exact) mass is 472 g/mol. The minimum atomic E-state index is -3.71. The third-order valence-electron chi connectivity index (χ3n) is 6.26. The van der Waals surface area contributed by atoms with E-state index >= 15 is 0 Å². The topological polar surface area (TPSA) is 110 Å². The number of hydrogen-bond acceptors (Lipinski definition) is 7. The van der Waals surface area contributed by atoms with Gasteiger partial charge in [-0.2, -0.15) is 4.31 Å². The molecule has 0 aliphatic carbocycles. The molecule has 0 bridgehead atoms. The van der Waals surface area contributed by atoms with E-state index in [4.69, 9.17) is 9.47 Å². The summed E-state index contributed by atoms with van der Waals surface area (Å²) in [6, 6.07) is 4.35. The van der Waals surface area contributed by atoms with Crippen LogP contribution in [0.3, 0.4) is 0 Å². The maximum absolute atomic E-state index is 13.1. The molecule has 1 aromatic carbocycles. The lowest BCUT2D eigenvalue weighted by Gasteiger charge is -2.34. The van der Waals surface area contributed by atoms with Crippen LogP contribution in [0.2, 0.25) is 0 Å². The van der Waals surface area contributed by atoms with Gasteiger partial charge < -0.3 is 14.4 Å². The Hall–Kier alpha value is -1.85. The number of benzene rings is 1. The van der Waals surface area contributed by atoms with Gasteiger partial charge in [0.1, 0.15) is 0 Å². The Morgan fingerprint density at radius 1 is 1.10 bits per heavy atom. The van der Waals surface area contributed by atoms with Gasteiger partial charge in [0.15, 0.2) is 21.3 Å². The smallest absolute Gasteiger partial charge is 0.243 e. The average Bonchev–Trinajstić information content (AvgIpc) is 2.97. The normalized spacial score (nSPS) is 24.5. The second kappa shape index (κ2) is 8.59. The molecule has 4 rings (SSSR count). The van der Waals surface area contributed by atoms with Gasteiger partial charge in [-0.3, -0.25) is 4.79 Å². The van der Waals surface area contributed by atoms with E-state index in [1.807, 2.05) is 0 Å². The lowest BCUT2D eigenvalue weighted by molar-refractivity contribution is -0.137. The molecule has 9 nitrogen and oxygen atoms in total. The molecule has 31 heavy (non-hydrogen) atoms. The van der Waals surface area contributed by atoms with Crippen LogP contribution >= 0.6 is 0 Å². The Morgan fingerprint density at radius 2 is 1.77 bits per heavy atom. The van der Waals surface area contributed by atoms with Gasteiger partial charge in [0.2, 0.25) is 15.9 Å². The van der Waals surface area contributed by atoms with Crippen LogP contribution in [0.5, 0.6) is 11.5 Å². The van der Waals surface area contributed by atoms with Crippen LogP contribution < -0.4 is 9.47 Å². The number of carbonyl (C=O) groups excluding carboxylic acids is 1. The van der Waals surface area contributed by atoms with Crippen LogP contribution in [0.1, 0.15) is 25.7 Å². The number of rotatable bonds is 4. The van der Waals surface area contributed by atoms with Crippen molar-refractivity contribution in [3.63, 3.8) is 0 Å². The molecular formula is C20H28N2O7S2. The van der Waals surface area contributed by atoms with Crippen molar-refractivity contribution in [3.8, 4) is 11.5 Å². The van der Waals surface area contributed by atoms with Crippen molar-refractivity contribution in [2.45, 2.75) is 36.6 Å². The standard InChI is InChI=1S/C20H28N2O7S2/c1-21(16-7-12-30(24,25)14-16)20(23)15-5-8-22(9-6-15)31(26,27)17-3-4-18-19(13-17)29-11-2-10-28-18/h3-4,13,15-16H,2,5-12,14H2,1H3/t16-/m0/s1. The molecule has 0 N–H and O–H groups in total. The van der Waals surface area contributed by atoms with Crippen LogP contribution in [0, 0.1) is 5.92 Å². The first-order chi connectivity index (χ1) is 14.7. The highest BCUT2D eigenvalue weighted by Crippen LogP contribution is 2.34. The summed E-state index contributed by atoms with van der Waals surface area (Å²) >= 11 is 0. The van der Waals surface area contributed by atoms with Crippen molar-refractivity contribution in [3.05, 3.63) is 18.2 Å². The number of carbonyl (C=O) groups is 1. The number of amides is 1. The lowest BCUT2D eigenvalue weighted by atomic mass is 9.96. The van der Waals surface area contributed by atoms with E-state index in [1.165, 1.54) is 16.4 Å². The molecule has 3 heterocycles. The van der Waals surface area contributed by atoms with Crippen LogP contribution in [0.15, 0.2) is 23.1 Å². The number of piperidine rings is 1. The molecule has 1 aromatic rings. The molecule has 0 radical (unpaired) electrons. The van der Waals surface area contributed by atoms with Gasteiger partial charge in [0.05, 0.1) is 29.6 Å². The summed E-state index contributed by atoms with van der Waals surface area (Å²) in [7, 11) is -5.14. The van der Waals surface area contributed by atoms with E-state index in [0.717, 1.165) is 6.42 Å². The number of nitrogens with zero attached hydrogens (tertiary/aromatic N) is 2. The fraction of sp³-hybridized carbons (Fsp3) is 0.650. The van der Waals surface area contributed by atoms with Gasteiger partial charge in [-0.1, -0.05) is 0 Å². The number of fused-ring (bicyclic) bond motifs is 1. The summed E-state index contributed by atoms with van der Waals surface area (Å²) < 4.78 is 62.2. The van der Waals surface area contributed by atoms with E-state index in [2.05, 4.69) is 0 Å². The molecule has 0 saturated carbocycles. The number of hydrogen-bond donors (Lipinski definition) is 0. The van der Waals surface area contributed by atoms with Crippen molar-refractivity contribution in [1.29, 1.82) is 0 Å². The highest BCUT2D eigenvalue weighted by atomic mass is 32.2. The summed E-state index contributed by atoms with van der Waals surface area (Å²) in [6.07, 6.45) is 2.01. The average molecular weight is 473 g/mol. The number of sulfonamides is 1. The maximum Gasteiger partial charge on any atom is 0.243 e. The van der Waals surface area contributed by atoms with E-state index in [1.54, 1.807) is 18.0 Å². The van der Waals surface area contributed by atoms with Crippen LogP contribution in [0.25, 0.3) is 0 Å². The minimum Gasteiger partial charge on any atom is -0.490 e. The Kier molecular flexibility index (Phi) is 6.19. The van der Waals surface area contributed by atoms with E-state index in [9.17, 15) is 21.6 Å². The zero-order valence-electron chi connectivity index (χ0n) is 17.5. The molecule has 0 aromatic heterocycles. The summed E-state index contributed by atoms with van der Waals surface area (Å²) in [4.78, 5) is 14.5. The molecule has 11 heteroatoms. The first kappa shape index (κ1) is 22.3. The zero-order chi connectivity index (χ0) is 22.2. The number of ether oxygens (including phenoxy) is 2. The molecule has 0 spiro atoms. The van der Waals surface area contributed by atoms with Crippen molar-refractivity contribution in [2.24, 2.45) is 5.92 Å². The third-order valence-corrected chi connectivity index (χ3v) is 9.91. The molecule has 0 unspecified atom stereocenters. The largest absolute Gasteiger partial charge is 0.490 e. The fourth-order valence-corrected chi connectivity index (χ4v) is 7.61. The van der Waals surface area contributed by atoms with E-state index < -0.39 is 19.9 Å². The highest BCUT2D eigenvalue weighted by molar-refractivity contribution is 7.91. The first-order valence-electron chi connectivity index (χ1n) is 10.5. The maximum atomic E-state index is 13.1. The second-order valence-electron chi connectivity index (χ2n) is 8.34. The van der Waals surface area contributed by atoms with Gasteiger partial charge in [-0.15, -0.1) is 0 Å². The van der Waals surface area contributed by atoms with Crippen LogP contribution in [-0.2, 0) is 24.7 Å². The van der Waals surface area contributed by atoms with Gasteiger partial charge in [0.25, 0.3) is 0 Å². The number of sulfone groups is 1. The predicted octanol–water partition coefficient (Wildman–Crippen LogP) is 0.894. The highest BCUT2D eigenvalue weighted by Gasteiger charge is 2.38. The molecular weight excluding hydrogens is 444 g/mol. The zero-order valence-corrected chi connectivity index (χ0v) is 19.2. The summed E-state index contributed by atoms with van der Waals surface area (Å²) in [6.45, 7) is 1.48. The molecule has 172 valence electrons. The lowest BCUT2D eigenvalue weighted by Crippen LogP contribution is -2.46. The summed E-state index contributed by atoms with van der Waals surface area (Å²) in [5, 5.41) is 0. The van der Waals surface area contributed by atoms with Gasteiger partial charge in [0, 0.05) is 44.6 Å². The third kappa shape index (κ3) is 4.68. The van der Waals surface area contributed by atoms with E-state index in [-0.39, 0.29) is 47.4 Å². The first-order valence-corrected chi connectivity index (χ1v) is 13.8. The van der Waals surface area contributed by atoms with Crippen molar-refractivity contribution >= 4 is 25.8 Å². The molecule has 3 aliphatic rings. The molecule has 2 saturated heterocycles. The predicted molar refractivity (Wildman–Crippen MR) is 113 cm³/mol. The Labute approximate surface area is 183 Å².